The summed E-state index contributed by atoms with van der Waals surface area (Å²) in [6.07, 6.45) is 0.853. The zero-order valence-electron chi connectivity index (χ0n) is 16.3. The molecule has 0 aliphatic heterocycles. The number of methoxy groups -OCH3 is 2. The van der Waals surface area contributed by atoms with E-state index in [2.05, 4.69) is 10.2 Å². The van der Waals surface area contributed by atoms with E-state index in [4.69, 9.17) is 9.47 Å². The highest BCUT2D eigenvalue weighted by atomic mass is 32.1. The van der Waals surface area contributed by atoms with E-state index in [0.717, 1.165) is 16.9 Å². The SMILES string of the molecule is COCCN(C(=O)CCc1ccccc1OC)c1nnc(-c2ccc(F)cc2)s1. The molecule has 0 atom stereocenters. The maximum atomic E-state index is 13.2. The van der Waals surface area contributed by atoms with Gasteiger partial charge < -0.3 is 9.47 Å². The molecule has 1 heterocycles. The van der Waals surface area contributed by atoms with Gasteiger partial charge in [-0.15, -0.1) is 10.2 Å². The molecule has 0 radical (unpaired) electrons. The van der Waals surface area contributed by atoms with Crippen LogP contribution in [0, 0.1) is 5.82 Å². The quantitative estimate of drug-likeness (QED) is 0.529. The minimum Gasteiger partial charge on any atom is -0.496 e. The average molecular weight is 415 g/mol. The standard InChI is InChI=1S/C21H22FN3O3S/c1-27-14-13-25(19(26)12-9-15-5-3-4-6-18(15)28-2)21-24-23-20(29-21)16-7-10-17(22)11-8-16/h3-8,10-11H,9,12-14H2,1-2H3. The molecule has 1 amide bonds. The van der Waals surface area contributed by atoms with Crippen LogP contribution >= 0.6 is 11.3 Å². The summed E-state index contributed by atoms with van der Waals surface area (Å²) in [5.41, 5.74) is 1.72. The van der Waals surface area contributed by atoms with Crippen LogP contribution in [0.4, 0.5) is 9.52 Å². The van der Waals surface area contributed by atoms with Crippen molar-refractivity contribution in [1.29, 1.82) is 0 Å². The van der Waals surface area contributed by atoms with Crippen LogP contribution in [0.3, 0.4) is 0 Å². The highest BCUT2D eigenvalue weighted by Crippen LogP contribution is 2.29. The molecular formula is C21H22FN3O3S. The number of hydrogen-bond acceptors (Lipinski definition) is 6. The van der Waals surface area contributed by atoms with E-state index < -0.39 is 0 Å². The molecule has 0 N–H and O–H groups in total. The maximum absolute atomic E-state index is 13.2. The van der Waals surface area contributed by atoms with Crippen molar-refractivity contribution in [3.05, 3.63) is 59.9 Å². The fourth-order valence-corrected chi connectivity index (χ4v) is 3.72. The third-order valence-corrected chi connectivity index (χ3v) is 5.35. The minimum atomic E-state index is -0.313. The number of carbonyl (C=O) groups excluding carboxylic acids is 1. The Bertz CT molecular complexity index is 946. The highest BCUT2D eigenvalue weighted by molar-refractivity contribution is 7.18. The van der Waals surface area contributed by atoms with Crippen molar-refractivity contribution < 1.29 is 18.7 Å². The van der Waals surface area contributed by atoms with Crippen LogP contribution in [0.1, 0.15) is 12.0 Å². The molecule has 0 spiro atoms. The van der Waals surface area contributed by atoms with E-state index >= 15 is 0 Å². The smallest absolute Gasteiger partial charge is 0.229 e. The number of aromatic nitrogens is 2. The van der Waals surface area contributed by atoms with Gasteiger partial charge in [0.25, 0.3) is 0 Å². The summed E-state index contributed by atoms with van der Waals surface area (Å²) in [7, 11) is 3.20. The largest absolute Gasteiger partial charge is 0.496 e. The molecule has 29 heavy (non-hydrogen) atoms. The third kappa shape index (κ3) is 5.36. The molecule has 0 aliphatic rings. The van der Waals surface area contributed by atoms with Crippen LogP contribution in [-0.4, -0.2) is 43.5 Å². The average Bonchev–Trinajstić information content (AvgIpc) is 3.23. The minimum absolute atomic E-state index is 0.0743. The first-order valence-electron chi connectivity index (χ1n) is 9.13. The van der Waals surface area contributed by atoms with Gasteiger partial charge in [-0.25, -0.2) is 4.39 Å². The molecular weight excluding hydrogens is 393 g/mol. The number of rotatable bonds is 9. The number of nitrogens with zero attached hydrogens (tertiary/aromatic N) is 3. The Labute approximate surface area is 172 Å². The summed E-state index contributed by atoms with van der Waals surface area (Å²) < 4.78 is 23.7. The van der Waals surface area contributed by atoms with Gasteiger partial charge in [0.05, 0.1) is 20.3 Å². The monoisotopic (exact) mass is 415 g/mol. The molecule has 0 unspecified atom stereocenters. The van der Waals surface area contributed by atoms with Crippen molar-refractivity contribution in [2.45, 2.75) is 12.8 Å². The van der Waals surface area contributed by atoms with Crippen LogP contribution in [0.25, 0.3) is 10.6 Å². The second-order valence-corrected chi connectivity index (χ2v) is 7.20. The Morgan fingerprint density at radius 1 is 1.10 bits per heavy atom. The Kier molecular flexibility index (Phi) is 7.26. The van der Waals surface area contributed by atoms with Gasteiger partial charge in [0.15, 0.2) is 0 Å². The topological polar surface area (TPSA) is 64.5 Å². The van der Waals surface area contributed by atoms with Crippen molar-refractivity contribution in [1.82, 2.24) is 10.2 Å². The summed E-state index contributed by atoms with van der Waals surface area (Å²) in [6, 6.07) is 13.7. The van der Waals surface area contributed by atoms with Gasteiger partial charge >= 0.3 is 0 Å². The Balaban J connectivity index is 1.75. The molecule has 1 aromatic heterocycles. The lowest BCUT2D eigenvalue weighted by Gasteiger charge is -2.19. The summed E-state index contributed by atoms with van der Waals surface area (Å²) >= 11 is 1.29. The normalized spacial score (nSPS) is 10.7. The van der Waals surface area contributed by atoms with E-state index in [1.54, 1.807) is 31.3 Å². The molecule has 0 saturated carbocycles. The molecule has 0 aliphatic carbocycles. The van der Waals surface area contributed by atoms with Crippen LogP contribution in [0.5, 0.6) is 5.75 Å². The second kappa shape index (κ2) is 10.1. The number of ether oxygens (including phenoxy) is 2. The zero-order chi connectivity index (χ0) is 20.6. The zero-order valence-corrected chi connectivity index (χ0v) is 17.1. The maximum Gasteiger partial charge on any atom is 0.229 e. The van der Waals surface area contributed by atoms with E-state index in [0.29, 0.717) is 36.1 Å². The summed E-state index contributed by atoms with van der Waals surface area (Å²) in [4.78, 5) is 14.5. The highest BCUT2D eigenvalue weighted by Gasteiger charge is 2.21. The molecule has 3 rings (SSSR count). The van der Waals surface area contributed by atoms with E-state index in [1.165, 1.54) is 23.5 Å². The van der Waals surface area contributed by atoms with E-state index in [9.17, 15) is 9.18 Å². The van der Waals surface area contributed by atoms with Crippen molar-refractivity contribution in [3.8, 4) is 16.3 Å². The lowest BCUT2D eigenvalue weighted by molar-refractivity contribution is -0.118. The molecule has 6 nitrogen and oxygen atoms in total. The van der Waals surface area contributed by atoms with Gasteiger partial charge in [0.1, 0.15) is 16.6 Å². The summed E-state index contributed by atoms with van der Waals surface area (Å²) in [6.45, 7) is 0.755. The number of halogens is 1. The number of amides is 1. The predicted molar refractivity (Wildman–Crippen MR) is 111 cm³/mol. The first-order valence-corrected chi connectivity index (χ1v) is 9.94. The van der Waals surface area contributed by atoms with Gasteiger partial charge in [-0.05, 0) is 42.3 Å². The molecule has 2 aromatic carbocycles. The van der Waals surface area contributed by atoms with Gasteiger partial charge in [-0.2, -0.15) is 0 Å². The van der Waals surface area contributed by atoms with Crippen molar-refractivity contribution in [3.63, 3.8) is 0 Å². The van der Waals surface area contributed by atoms with Crippen LogP contribution in [0.15, 0.2) is 48.5 Å². The Hall–Kier alpha value is -2.84. The number of anilines is 1. The molecule has 0 saturated heterocycles. The van der Waals surface area contributed by atoms with Gasteiger partial charge in [-0.1, -0.05) is 29.5 Å². The lowest BCUT2D eigenvalue weighted by Crippen LogP contribution is -2.34. The lowest BCUT2D eigenvalue weighted by atomic mass is 10.1. The molecule has 0 bridgehead atoms. The number of hydrogen-bond donors (Lipinski definition) is 0. The summed E-state index contributed by atoms with van der Waals surface area (Å²) in [5.74, 6) is 0.375. The Morgan fingerprint density at radius 3 is 2.59 bits per heavy atom. The van der Waals surface area contributed by atoms with E-state index in [1.807, 2.05) is 24.3 Å². The number of para-hydroxylation sites is 1. The molecule has 152 valence electrons. The Morgan fingerprint density at radius 2 is 1.86 bits per heavy atom. The van der Waals surface area contributed by atoms with Crippen LogP contribution < -0.4 is 9.64 Å². The van der Waals surface area contributed by atoms with Gasteiger partial charge in [0.2, 0.25) is 11.0 Å². The molecule has 3 aromatic rings. The van der Waals surface area contributed by atoms with Crippen LogP contribution in [0.2, 0.25) is 0 Å². The first-order chi connectivity index (χ1) is 14.1. The fraction of sp³-hybridized carbons (Fsp3) is 0.286. The first kappa shape index (κ1) is 20.9. The number of carbonyl (C=O) groups is 1. The third-order valence-electron chi connectivity index (χ3n) is 4.36. The fourth-order valence-electron chi connectivity index (χ4n) is 2.83. The van der Waals surface area contributed by atoms with E-state index in [-0.39, 0.29) is 11.7 Å². The predicted octanol–water partition coefficient (Wildman–Crippen LogP) is 3.97. The van der Waals surface area contributed by atoms with Crippen LogP contribution in [-0.2, 0) is 16.0 Å². The second-order valence-electron chi connectivity index (χ2n) is 6.25. The number of benzene rings is 2. The molecule has 0 fully saturated rings. The van der Waals surface area contributed by atoms with Crippen molar-refractivity contribution in [2.24, 2.45) is 0 Å². The van der Waals surface area contributed by atoms with Gasteiger partial charge in [-0.3, -0.25) is 9.69 Å². The van der Waals surface area contributed by atoms with Crippen molar-refractivity contribution in [2.75, 3.05) is 32.3 Å². The number of aryl methyl sites for hydroxylation is 1. The van der Waals surface area contributed by atoms with Crippen molar-refractivity contribution >= 4 is 22.4 Å². The van der Waals surface area contributed by atoms with Gasteiger partial charge in [0, 0.05) is 19.1 Å². The molecule has 8 heteroatoms. The summed E-state index contributed by atoms with van der Waals surface area (Å²) in [5, 5.41) is 9.46.